The van der Waals surface area contributed by atoms with Crippen LogP contribution in [-0.2, 0) is 0 Å². The molecule has 1 aliphatic heterocycles. The second kappa shape index (κ2) is 8.76. The normalized spacial score (nSPS) is 23.9. The quantitative estimate of drug-likeness (QED) is 0.847. The Kier molecular flexibility index (Phi) is 9.82. The Morgan fingerprint density at radius 3 is 2.24 bits per heavy atom. The average molecular weight is 279 g/mol. The fourth-order valence-electron chi connectivity index (χ4n) is 2.32. The van der Waals surface area contributed by atoms with Crippen molar-refractivity contribution in [1.82, 2.24) is 11.1 Å². The molecule has 0 amide bonds. The van der Waals surface area contributed by atoms with E-state index in [0.717, 1.165) is 12.0 Å². The van der Waals surface area contributed by atoms with Crippen LogP contribution in [0.4, 0.5) is 0 Å². The van der Waals surface area contributed by atoms with Gasteiger partial charge in [-0.1, -0.05) is 30.3 Å². The highest BCUT2D eigenvalue weighted by Crippen LogP contribution is 2.30. The van der Waals surface area contributed by atoms with Crippen molar-refractivity contribution >= 4 is 24.8 Å². The number of hydrogen-bond donors (Lipinski definition) is 1. The minimum absolute atomic E-state index is 0. The van der Waals surface area contributed by atoms with Gasteiger partial charge in [0, 0.05) is 6.04 Å². The zero-order valence-electron chi connectivity index (χ0n) is 10.6. The van der Waals surface area contributed by atoms with Gasteiger partial charge in [-0.15, -0.1) is 24.8 Å². The number of benzene rings is 1. The summed E-state index contributed by atoms with van der Waals surface area (Å²) in [5.74, 6) is 0.780. The first-order valence-corrected chi connectivity index (χ1v) is 5.52. The van der Waals surface area contributed by atoms with Gasteiger partial charge < -0.3 is 11.1 Å². The van der Waals surface area contributed by atoms with Crippen LogP contribution < -0.4 is 6.15 Å². The third-order valence-electron chi connectivity index (χ3n) is 3.48. The van der Waals surface area contributed by atoms with Crippen molar-refractivity contribution in [3.63, 3.8) is 0 Å². The average Bonchev–Trinajstić information content (AvgIpc) is 2.23. The maximum atomic E-state index is 2.46. The Morgan fingerprint density at radius 1 is 1.12 bits per heavy atom. The molecule has 1 aliphatic rings. The van der Waals surface area contributed by atoms with Crippen molar-refractivity contribution in [2.24, 2.45) is 0 Å². The largest absolute Gasteiger partial charge is 0.344 e. The van der Waals surface area contributed by atoms with E-state index >= 15 is 0 Å². The molecule has 0 saturated carbocycles. The van der Waals surface area contributed by atoms with Gasteiger partial charge in [-0.3, -0.25) is 0 Å². The topological polar surface area (TPSA) is 38.2 Å². The first-order chi connectivity index (χ1) is 6.77. The van der Waals surface area contributed by atoms with Crippen molar-refractivity contribution in [2.45, 2.75) is 31.7 Å². The number of halogens is 2. The number of nitrogens with zero attached hydrogens (tertiary/aromatic N) is 1. The molecule has 3 N–H and O–H groups in total. The van der Waals surface area contributed by atoms with E-state index in [1.807, 2.05) is 0 Å². The number of likely N-dealkylation sites (tertiary alicyclic amines) is 1. The predicted octanol–water partition coefficient (Wildman–Crippen LogP) is 3.89. The summed E-state index contributed by atoms with van der Waals surface area (Å²) < 4.78 is 0. The van der Waals surface area contributed by atoms with Gasteiger partial charge in [0.2, 0.25) is 0 Å². The van der Waals surface area contributed by atoms with Crippen LogP contribution in [0.2, 0.25) is 0 Å². The molecular formula is C13H24Cl2N2. The van der Waals surface area contributed by atoms with E-state index in [-0.39, 0.29) is 31.0 Å². The molecule has 17 heavy (non-hydrogen) atoms. The van der Waals surface area contributed by atoms with Gasteiger partial charge in [0.05, 0.1) is 0 Å². The number of rotatable bonds is 1. The third kappa shape index (κ3) is 4.84. The van der Waals surface area contributed by atoms with Crippen molar-refractivity contribution in [2.75, 3.05) is 13.6 Å². The molecule has 100 valence electrons. The maximum Gasteiger partial charge on any atom is 0.00697 e. The molecule has 2 rings (SSSR count). The first-order valence-electron chi connectivity index (χ1n) is 5.52. The molecule has 2 atom stereocenters. The van der Waals surface area contributed by atoms with Gasteiger partial charge in [-0.2, -0.15) is 0 Å². The lowest BCUT2D eigenvalue weighted by Gasteiger charge is -2.35. The summed E-state index contributed by atoms with van der Waals surface area (Å²) in [7, 11) is 2.23. The van der Waals surface area contributed by atoms with Crippen LogP contribution in [0.1, 0.15) is 31.2 Å². The number of hydrogen-bond acceptors (Lipinski definition) is 2. The molecule has 1 aromatic rings. The Balaban J connectivity index is 0. The van der Waals surface area contributed by atoms with Gasteiger partial charge in [0.25, 0.3) is 0 Å². The highest BCUT2D eigenvalue weighted by molar-refractivity contribution is 5.85. The third-order valence-corrected chi connectivity index (χ3v) is 3.48. The SMILES string of the molecule is CC1CC(c2ccccc2)CCN1C.Cl.Cl.N. The highest BCUT2D eigenvalue weighted by atomic mass is 35.5. The summed E-state index contributed by atoms with van der Waals surface area (Å²) >= 11 is 0. The fraction of sp³-hybridized carbons (Fsp3) is 0.538. The van der Waals surface area contributed by atoms with E-state index in [1.54, 1.807) is 0 Å². The lowest BCUT2D eigenvalue weighted by Crippen LogP contribution is -2.36. The minimum atomic E-state index is 0. The molecule has 0 aliphatic carbocycles. The van der Waals surface area contributed by atoms with E-state index in [0.29, 0.717) is 0 Å². The molecule has 0 radical (unpaired) electrons. The summed E-state index contributed by atoms with van der Waals surface area (Å²) in [6.07, 6.45) is 2.62. The second-order valence-electron chi connectivity index (χ2n) is 4.46. The molecule has 2 unspecified atom stereocenters. The summed E-state index contributed by atoms with van der Waals surface area (Å²) in [5, 5.41) is 0. The second-order valence-corrected chi connectivity index (χ2v) is 4.46. The van der Waals surface area contributed by atoms with Gasteiger partial charge in [0.1, 0.15) is 0 Å². The van der Waals surface area contributed by atoms with E-state index < -0.39 is 0 Å². The van der Waals surface area contributed by atoms with Gasteiger partial charge in [-0.05, 0) is 44.8 Å². The zero-order chi connectivity index (χ0) is 9.97. The fourth-order valence-corrected chi connectivity index (χ4v) is 2.32. The van der Waals surface area contributed by atoms with E-state index in [4.69, 9.17) is 0 Å². The Morgan fingerprint density at radius 2 is 1.71 bits per heavy atom. The molecule has 2 nitrogen and oxygen atoms in total. The smallest absolute Gasteiger partial charge is 0.00697 e. The van der Waals surface area contributed by atoms with Crippen molar-refractivity contribution in [3.05, 3.63) is 35.9 Å². The minimum Gasteiger partial charge on any atom is -0.344 e. The monoisotopic (exact) mass is 278 g/mol. The van der Waals surface area contributed by atoms with Crippen molar-refractivity contribution in [1.29, 1.82) is 0 Å². The first kappa shape index (κ1) is 19.1. The lowest BCUT2D eigenvalue weighted by molar-refractivity contribution is 0.183. The van der Waals surface area contributed by atoms with Crippen molar-refractivity contribution < 1.29 is 0 Å². The summed E-state index contributed by atoms with van der Waals surface area (Å²) in [6.45, 7) is 3.57. The van der Waals surface area contributed by atoms with Crippen LogP contribution in [0.5, 0.6) is 0 Å². The standard InChI is InChI=1S/C13H19N.2ClH.H3N/c1-11-10-13(8-9-14(11)2)12-6-4-3-5-7-12;;;/h3-7,11,13H,8-10H2,1-2H3;2*1H;1H3. The lowest BCUT2D eigenvalue weighted by atomic mass is 9.86. The van der Waals surface area contributed by atoms with Gasteiger partial charge in [0.15, 0.2) is 0 Å². The predicted molar refractivity (Wildman–Crippen MR) is 80.0 cm³/mol. The summed E-state index contributed by atoms with van der Waals surface area (Å²) in [6, 6.07) is 11.7. The molecule has 0 bridgehead atoms. The highest BCUT2D eigenvalue weighted by Gasteiger charge is 2.23. The molecule has 1 aromatic carbocycles. The van der Waals surface area contributed by atoms with Crippen LogP contribution in [0.25, 0.3) is 0 Å². The van der Waals surface area contributed by atoms with E-state index in [1.165, 1.54) is 24.9 Å². The Hall–Kier alpha value is -0.280. The summed E-state index contributed by atoms with van der Waals surface area (Å²) in [4.78, 5) is 2.46. The van der Waals surface area contributed by atoms with Gasteiger partial charge >= 0.3 is 0 Å². The molecular weight excluding hydrogens is 255 g/mol. The van der Waals surface area contributed by atoms with E-state index in [9.17, 15) is 0 Å². The zero-order valence-corrected chi connectivity index (χ0v) is 12.3. The molecule has 0 spiro atoms. The van der Waals surface area contributed by atoms with Crippen LogP contribution in [0.15, 0.2) is 30.3 Å². The maximum absolute atomic E-state index is 2.46. The van der Waals surface area contributed by atoms with Gasteiger partial charge in [-0.25, -0.2) is 0 Å². The van der Waals surface area contributed by atoms with Crippen LogP contribution in [0, 0.1) is 0 Å². The molecule has 1 heterocycles. The van der Waals surface area contributed by atoms with Crippen LogP contribution >= 0.6 is 24.8 Å². The van der Waals surface area contributed by atoms with Crippen LogP contribution in [0.3, 0.4) is 0 Å². The van der Waals surface area contributed by atoms with Crippen molar-refractivity contribution in [3.8, 4) is 0 Å². The van der Waals surface area contributed by atoms with E-state index in [2.05, 4.69) is 49.2 Å². The molecule has 1 saturated heterocycles. The molecule has 4 heteroatoms. The Bertz CT molecular complexity index is 293. The number of piperidine rings is 1. The Labute approximate surface area is 117 Å². The molecule has 0 aromatic heterocycles. The summed E-state index contributed by atoms with van der Waals surface area (Å²) in [5.41, 5.74) is 1.52. The molecule has 1 fully saturated rings. The van der Waals surface area contributed by atoms with Crippen LogP contribution in [-0.4, -0.2) is 24.5 Å².